The number of nitrogens with one attached hydrogen (secondary N) is 3. The van der Waals surface area contributed by atoms with Gasteiger partial charge in [0.1, 0.15) is 5.60 Å². The zero-order chi connectivity index (χ0) is 21.2. The SMILES string of the molecule is CCNC(=NCC(CC)(CC)NC(=O)OC(C)(C)C)NCC1CCN(C)CC1.I. The minimum absolute atomic E-state index is 0. The highest BCUT2D eigenvalue weighted by atomic mass is 127. The second kappa shape index (κ2) is 13.5. The first-order valence-electron chi connectivity index (χ1n) is 10.8. The Morgan fingerprint density at radius 3 is 2.17 bits per heavy atom. The number of amides is 1. The molecule has 0 aromatic carbocycles. The van der Waals surface area contributed by atoms with Crippen LogP contribution in [0.5, 0.6) is 0 Å². The first-order valence-corrected chi connectivity index (χ1v) is 10.8. The van der Waals surface area contributed by atoms with Gasteiger partial charge in [-0.15, -0.1) is 24.0 Å². The standard InChI is InChI=1S/C21H43N5O2.HI/c1-8-21(9-2,25-19(27)28-20(4,5)6)16-24-18(22-10-3)23-15-17-11-13-26(7)14-12-17;/h17H,8-16H2,1-7H3,(H,25,27)(H2,22,23,24);1H. The zero-order valence-corrected chi connectivity index (χ0v) is 21.9. The van der Waals surface area contributed by atoms with Crippen LogP contribution in [-0.2, 0) is 4.74 Å². The second-order valence-corrected chi connectivity index (χ2v) is 8.94. The van der Waals surface area contributed by atoms with Crippen LogP contribution in [0.25, 0.3) is 0 Å². The molecule has 0 unspecified atom stereocenters. The molecule has 172 valence electrons. The van der Waals surface area contributed by atoms with Gasteiger partial charge in [-0.05, 0) is 79.4 Å². The van der Waals surface area contributed by atoms with E-state index in [1.165, 1.54) is 12.8 Å². The summed E-state index contributed by atoms with van der Waals surface area (Å²) >= 11 is 0. The lowest BCUT2D eigenvalue weighted by molar-refractivity contribution is 0.0452. The molecule has 0 radical (unpaired) electrons. The smallest absolute Gasteiger partial charge is 0.408 e. The third-order valence-corrected chi connectivity index (χ3v) is 5.40. The van der Waals surface area contributed by atoms with Crippen LogP contribution in [0.1, 0.15) is 67.2 Å². The fraction of sp³-hybridized carbons (Fsp3) is 0.905. The van der Waals surface area contributed by atoms with Crippen molar-refractivity contribution in [2.24, 2.45) is 10.9 Å². The Morgan fingerprint density at radius 2 is 1.69 bits per heavy atom. The molecule has 1 saturated heterocycles. The maximum Gasteiger partial charge on any atom is 0.408 e. The predicted octanol–water partition coefficient (Wildman–Crippen LogP) is 3.58. The molecule has 1 amide bonds. The summed E-state index contributed by atoms with van der Waals surface area (Å²) in [5.41, 5.74) is -0.913. The van der Waals surface area contributed by atoms with Gasteiger partial charge in [-0.25, -0.2) is 4.79 Å². The molecule has 0 aromatic heterocycles. The van der Waals surface area contributed by atoms with E-state index in [9.17, 15) is 4.79 Å². The Bertz CT molecular complexity index is 496. The van der Waals surface area contributed by atoms with Crippen molar-refractivity contribution in [2.75, 3.05) is 39.8 Å². The summed E-state index contributed by atoms with van der Waals surface area (Å²) in [5.74, 6) is 1.50. The van der Waals surface area contributed by atoms with Crippen molar-refractivity contribution in [3.63, 3.8) is 0 Å². The number of hydrogen-bond donors (Lipinski definition) is 3. The number of piperidine rings is 1. The lowest BCUT2D eigenvalue weighted by Gasteiger charge is -2.33. The van der Waals surface area contributed by atoms with Crippen LogP contribution in [0, 0.1) is 5.92 Å². The van der Waals surface area contributed by atoms with Crippen molar-refractivity contribution in [1.29, 1.82) is 0 Å². The van der Waals surface area contributed by atoms with E-state index in [0.717, 1.165) is 45.0 Å². The van der Waals surface area contributed by atoms with Crippen LogP contribution in [0.4, 0.5) is 4.79 Å². The largest absolute Gasteiger partial charge is 0.444 e. The van der Waals surface area contributed by atoms with Gasteiger partial charge in [0.05, 0.1) is 12.1 Å². The van der Waals surface area contributed by atoms with Crippen molar-refractivity contribution in [2.45, 2.75) is 78.4 Å². The first kappa shape index (κ1) is 28.2. The minimum atomic E-state index is -0.509. The fourth-order valence-electron chi connectivity index (χ4n) is 3.29. The molecule has 29 heavy (non-hydrogen) atoms. The van der Waals surface area contributed by atoms with Crippen LogP contribution in [0.3, 0.4) is 0 Å². The maximum atomic E-state index is 12.3. The van der Waals surface area contributed by atoms with E-state index in [2.05, 4.69) is 48.7 Å². The Hall–Kier alpha value is -0.770. The normalized spacial score (nSPS) is 16.7. The highest BCUT2D eigenvalue weighted by Crippen LogP contribution is 2.18. The third-order valence-electron chi connectivity index (χ3n) is 5.40. The molecular formula is C21H44IN5O2. The van der Waals surface area contributed by atoms with Crippen LogP contribution in [-0.4, -0.2) is 67.9 Å². The molecule has 1 aliphatic heterocycles. The number of nitrogens with zero attached hydrogens (tertiary/aromatic N) is 2. The lowest BCUT2D eigenvalue weighted by atomic mass is 9.93. The van der Waals surface area contributed by atoms with Gasteiger partial charge in [0.15, 0.2) is 5.96 Å². The highest BCUT2D eigenvalue weighted by molar-refractivity contribution is 14.0. The van der Waals surface area contributed by atoms with E-state index in [-0.39, 0.29) is 30.1 Å². The Labute approximate surface area is 195 Å². The van der Waals surface area contributed by atoms with E-state index in [1.54, 1.807) is 0 Å². The fourth-order valence-corrected chi connectivity index (χ4v) is 3.29. The summed E-state index contributed by atoms with van der Waals surface area (Å²) in [6.45, 7) is 16.4. The summed E-state index contributed by atoms with van der Waals surface area (Å²) in [6, 6.07) is 0. The number of halogens is 1. The van der Waals surface area contributed by atoms with Crippen molar-refractivity contribution in [3.05, 3.63) is 0 Å². The van der Waals surface area contributed by atoms with Gasteiger partial charge in [0, 0.05) is 13.1 Å². The molecule has 1 rings (SSSR count). The number of guanidine groups is 1. The van der Waals surface area contributed by atoms with Crippen LogP contribution in [0.15, 0.2) is 4.99 Å². The van der Waals surface area contributed by atoms with Crippen LogP contribution in [0.2, 0.25) is 0 Å². The molecule has 0 spiro atoms. The molecular weight excluding hydrogens is 481 g/mol. The van der Waals surface area contributed by atoms with Gasteiger partial charge in [0.25, 0.3) is 0 Å². The monoisotopic (exact) mass is 525 g/mol. The highest BCUT2D eigenvalue weighted by Gasteiger charge is 2.30. The van der Waals surface area contributed by atoms with E-state index in [0.29, 0.717) is 12.5 Å². The molecule has 8 heteroatoms. The van der Waals surface area contributed by atoms with E-state index < -0.39 is 11.1 Å². The van der Waals surface area contributed by atoms with Crippen molar-refractivity contribution < 1.29 is 9.53 Å². The van der Waals surface area contributed by atoms with Gasteiger partial charge in [0.2, 0.25) is 0 Å². The number of likely N-dealkylation sites (tertiary alicyclic amines) is 1. The number of carbonyl (C=O) groups is 1. The quantitative estimate of drug-likeness (QED) is 0.257. The average Bonchev–Trinajstić information content (AvgIpc) is 2.62. The molecule has 1 heterocycles. The summed E-state index contributed by atoms with van der Waals surface area (Å²) < 4.78 is 5.45. The molecule has 0 bridgehead atoms. The molecule has 0 saturated carbocycles. The summed E-state index contributed by atoms with van der Waals surface area (Å²) in [7, 11) is 2.18. The Balaban J connectivity index is 0.00000784. The van der Waals surface area contributed by atoms with Gasteiger partial charge < -0.3 is 25.6 Å². The van der Waals surface area contributed by atoms with Gasteiger partial charge >= 0.3 is 6.09 Å². The molecule has 1 fully saturated rings. The molecule has 0 aromatic rings. The minimum Gasteiger partial charge on any atom is -0.444 e. The van der Waals surface area contributed by atoms with Crippen molar-refractivity contribution >= 4 is 36.0 Å². The van der Waals surface area contributed by atoms with Gasteiger partial charge in [-0.2, -0.15) is 0 Å². The molecule has 7 nitrogen and oxygen atoms in total. The van der Waals surface area contributed by atoms with E-state index in [4.69, 9.17) is 9.73 Å². The second-order valence-electron chi connectivity index (χ2n) is 8.94. The molecule has 0 atom stereocenters. The van der Waals surface area contributed by atoms with Crippen molar-refractivity contribution in [3.8, 4) is 0 Å². The maximum absolute atomic E-state index is 12.3. The molecule has 3 N–H and O–H groups in total. The number of hydrogen-bond acceptors (Lipinski definition) is 4. The summed E-state index contributed by atoms with van der Waals surface area (Å²) in [6.07, 6.45) is 3.64. The molecule has 0 aliphatic carbocycles. The van der Waals surface area contributed by atoms with Crippen LogP contribution >= 0.6 is 24.0 Å². The van der Waals surface area contributed by atoms with E-state index in [1.807, 2.05) is 20.8 Å². The number of aliphatic imine (C=N–C) groups is 1. The number of carbonyl (C=O) groups excluding carboxylic acids is 1. The Kier molecular flexibility index (Phi) is 13.2. The van der Waals surface area contributed by atoms with Gasteiger partial charge in [-0.3, -0.25) is 4.99 Å². The summed E-state index contributed by atoms with van der Waals surface area (Å²) in [5, 5.41) is 9.89. The summed E-state index contributed by atoms with van der Waals surface area (Å²) in [4.78, 5) is 19.5. The number of ether oxygens (including phenoxy) is 1. The lowest BCUT2D eigenvalue weighted by Crippen LogP contribution is -2.52. The zero-order valence-electron chi connectivity index (χ0n) is 19.6. The molecule has 1 aliphatic rings. The topological polar surface area (TPSA) is 78.0 Å². The third kappa shape index (κ3) is 11.3. The van der Waals surface area contributed by atoms with Crippen LogP contribution < -0.4 is 16.0 Å². The Morgan fingerprint density at radius 1 is 1.10 bits per heavy atom. The number of rotatable bonds is 8. The van der Waals surface area contributed by atoms with Crippen molar-refractivity contribution in [1.82, 2.24) is 20.9 Å². The first-order chi connectivity index (χ1) is 13.1. The predicted molar refractivity (Wildman–Crippen MR) is 132 cm³/mol. The average molecular weight is 526 g/mol. The van der Waals surface area contributed by atoms with Gasteiger partial charge in [-0.1, -0.05) is 13.8 Å². The number of alkyl carbamates (subject to hydrolysis) is 1. The van der Waals surface area contributed by atoms with E-state index >= 15 is 0 Å².